The van der Waals surface area contributed by atoms with E-state index in [1.165, 1.54) is 59.8 Å². The Hall–Kier alpha value is -7.95. The number of hydrogen-bond acceptors (Lipinski definition) is 4. The Morgan fingerprint density at radius 1 is 0.550 bits per heavy atom. The van der Waals surface area contributed by atoms with Crippen LogP contribution in [-0.4, -0.2) is 17.6 Å². The normalized spacial score (nSPS) is 13.9. The second-order valence-corrected chi connectivity index (χ2v) is 14.9. The molecule has 0 spiro atoms. The van der Waals surface area contributed by atoms with Crippen molar-refractivity contribution in [3.63, 3.8) is 0 Å². The third kappa shape index (κ3) is 6.23. The molecule has 4 heteroatoms. The Bertz CT molecular complexity index is 3260. The maximum Gasteiger partial charge on any atom is 0.108 e. The number of hydrazone groups is 1. The first-order valence-electron chi connectivity index (χ1n) is 20.2. The highest BCUT2D eigenvalue weighted by Crippen LogP contribution is 2.45. The fourth-order valence-electron chi connectivity index (χ4n) is 8.97. The predicted octanol–water partition coefficient (Wildman–Crippen LogP) is 14.8. The van der Waals surface area contributed by atoms with Crippen LogP contribution in [0.1, 0.15) is 18.1 Å². The van der Waals surface area contributed by atoms with E-state index in [0.29, 0.717) is 11.4 Å². The first-order valence-corrected chi connectivity index (χ1v) is 20.2. The summed E-state index contributed by atoms with van der Waals surface area (Å²) in [6.07, 6.45) is 11.5. The summed E-state index contributed by atoms with van der Waals surface area (Å²) < 4.78 is 0. The molecule has 0 aromatic heterocycles. The molecule has 9 aromatic rings. The van der Waals surface area contributed by atoms with Crippen molar-refractivity contribution in [1.82, 2.24) is 0 Å². The van der Waals surface area contributed by atoms with Gasteiger partial charge in [0.1, 0.15) is 5.71 Å². The zero-order valence-electron chi connectivity index (χ0n) is 33.2. The second kappa shape index (κ2) is 15.4. The van der Waals surface area contributed by atoms with Crippen LogP contribution in [0.3, 0.4) is 0 Å². The number of aliphatic imine (C=N–C) groups is 1. The van der Waals surface area contributed by atoms with Crippen LogP contribution >= 0.6 is 0 Å². The molecule has 0 heterocycles. The van der Waals surface area contributed by atoms with Gasteiger partial charge in [0.05, 0.1) is 11.4 Å². The zero-order chi connectivity index (χ0) is 40.6. The predicted molar refractivity (Wildman–Crippen MR) is 260 cm³/mol. The summed E-state index contributed by atoms with van der Waals surface area (Å²) >= 11 is 0. The van der Waals surface area contributed by atoms with Crippen molar-refractivity contribution in [3.8, 4) is 22.3 Å². The summed E-state index contributed by atoms with van der Waals surface area (Å²) in [6.45, 7) is 5.83. The van der Waals surface area contributed by atoms with E-state index in [9.17, 15) is 0 Å². The lowest BCUT2D eigenvalue weighted by Gasteiger charge is -2.20. The SMILES string of the molecule is C=CN=C/C(=C\C)c1c2ccccc2c(-c2ccc(N/N=C3/C=CC(c4c5ccccc5c(-c5cccc6ccccc56)c5ccccc45)=CC3=N)cc2)c2ccccc12. The average molecular weight is 769 g/mol. The molecule has 284 valence electrons. The average Bonchev–Trinajstić information content (AvgIpc) is 3.30. The van der Waals surface area contributed by atoms with Crippen molar-refractivity contribution < 1.29 is 0 Å². The van der Waals surface area contributed by atoms with Gasteiger partial charge >= 0.3 is 0 Å². The number of allylic oxidation sites excluding steroid dienone is 6. The topological polar surface area (TPSA) is 60.6 Å². The molecule has 0 bridgehead atoms. The highest BCUT2D eigenvalue weighted by atomic mass is 15.3. The van der Waals surface area contributed by atoms with E-state index in [0.717, 1.165) is 44.3 Å². The van der Waals surface area contributed by atoms with Gasteiger partial charge in [-0.25, -0.2) is 0 Å². The van der Waals surface area contributed by atoms with Gasteiger partial charge in [-0.2, -0.15) is 5.10 Å². The molecule has 10 rings (SSSR count). The monoisotopic (exact) mass is 768 g/mol. The van der Waals surface area contributed by atoms with Gasteiger partial charge < -0.3 is 0 Å². The van der Waals surface area contributed by atoms with Gasteiger partial charge in [0.25, 0.3) is 0 Å². The van der Waals surface area contributed by atoms with Crippen LogP contribution in [-0.2, 0) is 0 Å². The van der Waals surface area contributed by atoms with Crippen LogP contribution in [0.4, 0.5) is 5.69 Å². The third-order valence-electron chi connectivity index (χ3n) is 11.6. The van der Waals surface area contributed by atoms with Crippen molar-refractivity contribution in [2.75, 3.05) is 5.43 Å². The van der Waals surface area contributed by atoms with E-state index in [4.69, 9.17) is 10.5 Å². The summed E-state index contributed by atoms with van der Waals surface area (Å²) in [7, 11) is 0. The van der Waals surface area contributed by atoms with E-state index in [1.807, 2.05) is 25.3 Å². The van der Waals surface area contributed by atoms with Gasteiger partial charge in [0.2, 0.25) is 0 Å². The quantitative estimate of drug-likeness (QED) is 0.0688. The fourth-order valence-corrected chi connectivity index (χ4v) is 8.97. The molecule has 9 aromatic carbocycles. The number of fused-ring (bicyclic) bond motifs is 5. The Morgan fingerprint density at radius 2 is 1.07 bits per heavy atom. The maximum atomic E-state index is 9.16. The summed E-state index contributed by atoms with van der Waals surface area (Å²) in [5.41, 5.74) is 14.0. The van der Waals surface area contributed by atoms with Crippen LogP contribution in [0.25, 0.3) is 87.3 Å². The summed E-state index contributed by atoms with van der Waals surface area (Å²) in [4.78, 5) is 4.37. The highest BCUT2D eigenvalue weighted by molar-refractivity contribution is 6.52. The van der Waals surface area contributed by atoms with E-state index in [2.05, 4.69) is 193 Å². The van der Waals surface area contributed by atoms with Crippen molar-refractivity contribution >= 4 is 88.3 Å². The number of nitrogens with one attached hydrogen (secondary N) is 2. The lowest BCUT2D eigenvalue weighted by Crippen LogP contribution is -2.13. The Morgan fingerprint density at radius 3 is 1.63 bits per heavy atom. The smallest absolute Gasteiger partial charge is 0.108 e. The standard InChI is InChI=1S/C56H40N4/c1-3-36(35-58-4-2)53-43-19-7-9-21-45(43)54(46-22-10-8-20-44(46)53)38-28-31-40(32-29-38)59-60-52-33-30-39(34-51(52)57)55-47-23-11-13-25-49(47)56(50-26-14-12-24-48(50)55)42-27-15-17-37-16-5-6-18-41(37)42/h3-35,57,59H,2H2,1H3/b36-3+,57-51?,58-35?,60-52-. The molecule has 4 nitrogen and oxygen atoms in total. The molecule has 0 fully saturated rings. The van der Waals surface area contributed by atoms with Crippen LogP contribution < -0.4 is 5.43 Å². The molecule has 0 saturated heterocycles. The van der Waals surface area contributed by atoms with Gasteiger partial charge in [-0.1, -0.05) is 170 Å². The molecule has 0 radical (unpaired) electrons. The molecule has 0 aliphatic heterocycles. The van der Waals surface area contributed by atoms with Crippen molar-refractivity contribution in [1.29, 1.82) is 5.41 Å². The molecule has 0 atom stereocenters. The number of rotatable bonds is 8. The molecule has 0 saturated carbocycles. The first-order chi connectivity index (χ1) is 29.6. The van der Waals surface area contributed by atoms with E-state index >= 15 is 0 Å². The van der Waals surface area contributed by atoms with Gasteiger partial charge in [0, 0.05) is 12.4 Å². The van der Waals surface area contributed by atoms with Crippen LogP contribution in [0.5, 0.6) is 0 Å². The largest absolute Gasteiger partial charge is 0.299 e. The summed E-state index contributed by atoms with van der Waals surface area (Å²) in [5.74, 6) is 0. The Balaban J connectivity index is 0.984. The maximum absolute atomic E-state index is 9.16. The Labute approximate surface area is 349 Å². The summed E-state index contributed by atoms with van der Waals surface area (Å²) in [6, 6.07) is 58.0. The van der Waals surface area contributed by atoms with Crippen LogP contribution in [0.2, 0.25) is 0 Å². The van der Waals surface area contributed by atoms with Gasteiger partial charge in [-0.05, 0) is 130 Å². The first kappa shape index (κ1) is 36.4. The molecule has 2 N–H and O–H groups in total. The number of hydrogen-bond donors (Lipinski definition) is 2. The molecule has 1 aliphatic carbocycles. The lowest BCUT2D eigenvalue weighted by molar-refractivity contribution is 1.34. The lowest BCUT2D eigenvalue weighted by atomic mass is 9.83. The van der Waals surface area contributed by atoms with E-state index in [1.54, 1.807) is 6.20 Å². The van der Waals surface area contributed by atoms with Gasteiger partial charge in [0.15, 0.2) is 0 Å². The van der Waals surface area contributed by atoms with E-state index < -0.39 is 0 Å². The van der Waals surface area contributed by atoms with E-state index in [-0.39, 0.29) is 0 Å². The van der Waals surface area contributed by atoms with Gasteiger partial charge in [-0.3, -0.25) is 15.8 Å². The van der Waals surface area contributed by atoms with Crippen LogP contribution in [0.15, 0.2) is 211 Å². The number of anilines is 1. The molecule has 1 aliphatic rings. The molecular weight excluding hydrogens is 729 g/mol. The third-order valence-corrected chi connectivity index (χ3v) is 11.6. The summed E-state index contributed by atoms with van der Waals surface area (Å²) in [5, 5.41) is 25.7. The minimum atomic E-state index is 0.347. The number of benzene rings is 9. The fraction of sp³-hybridized carbons (Fsp3) is 0.0179. The number of nitrogens with zero attached hydrogens (tertiary/aromatic N) is 2. The zero-order valence-corrected chi connectivity index (χ0v) is 33.2. The molecule has 0 unspecified atom stereocenters. The minimum absolute atomic E-state index is 0.347. The molecular formula is C56H40N4. The van der Waals surface area contributed by atoms with Crippen molar-refractivity contribution in [3.05, 3.63) is 212 Å². The second-order valence-electron chi connectivity index (χ2n) is 14.9. The van der Waals surface area contributed by atoms with Crippen LogP contribution in [0, 0.1) is 5.41 Å². The van der Waals surface area contributed by atoms with Crippen molar-refractivity contribution in [2.24, 2.45) is 10.1 Å². The molecule has 60 heavy (non-hydrogen) atoms. The molecule has 0 amide bonds. The van der Waals surface area contributed by atoms with Gasteiger partial charge in [-0.15, -0.1) is 0 Å². The minimum Gasteiger partial charge on any atom is -0.299 e. The van der Waals surface area contributed by atoms with Crippen molar-refractivity contribution in [2.45, 2.75) is 6.92 Å². The highest BCUT2D eigenvalue weighted by Gasteiger charge is 2.21. The Kier molecular flexibility index (Phi) is 9.36.